The number of hydrogen-bond acceptors (Lipinski definition) is 2. The van der Waals surface area contributed by atoms with Crippen molar-refractivity contribution in [3.63, 3.8) is 0 Å². The molecular weight excluding hydrogens is 269 g/mol. The van der Waals surface area contributed by atoms with E-state index in [0.717, 1.165) is 16.9 Å². The van der Waals surface area contributed by atoms with Crippen molar-refractivity contribution >= 4 is 23.2 Å². The summed E-state index contributed by atoms with van der Waals surface area (Å²) in [6.45, 7) is 0. The van der Waals surface area contributed by atoms with Gasteiger partial charge in [-0.15, -0.1) is 11.6 Å². The van der Waals surface area contributed by atoms with Crippen LogP contribution in [0.2, 0.25) is 5.02 Å². The lowest BCUT2D eigenvalue weighted by Crippen LogP contribution is -1.99. The first-order valence-corrected chi connectivity index (χ1v) is 6.38. The molecule has 0 N–H and O–H groups in total. The number of rotatable bonds is 4. The molecule has 0 saturated heterocycles. The maximum absolute atomic E-state index is 6.44. The number of halogens is 2. The summed E-state index contributed by atoms with van der Waals surface area (Å²) in [6, 6.07) is 9.37. The van der Waals surface area contributed by atoms with Crippen LogP contribution in [0, 0.1) is 0 Å². The molecule has 18 heavy (non-hydrogen) atoms. The molecule has 0 spiro atoms. The smallest absolute Gasteiger partial charge is 0.123 e. The molecule has 94 valence electrons. The lowest BCUT2D eigenvalue weighted by atomic mass is 10.0. The standard InChI is InChI=1S/C14H13Cl2NO/c1-18-14-3-2-11(15)9-12(14)13(16)8-10-4-6-17-7-5-10/h2-7,9,13H,8H2,1H3. The molecule has 0 fully saturated rings. The number of pyridine rings is 1. The molecule has 0 aliphatic heterocycles. The Morgan fingerprint density at radius 1 is 1.22 bits per heavy atom. The van der Waals surface area contributed by atoms with Crippen molar-refractivity contribution in [2.24, 2.45) is 0 Å². The minimum Gasteiger partial charge on any atom is -0.496 e. The van der Waals surface area contributed by atoms with Crippen molar-refractivity contribution < 1.29 is 4.74 Å². The van der Waals surface area contributed by atoms with Crippen molar-refractivity contribution in [1.82, 2.24) is 4.98 Å². The molecule has 0 radical (unpaired) electrons. The topological polar surface area (TPSA) is 22.1 Å². The van der Waals surface area contributed by atoms with E-state index in [4.69, 9.17) is 27.9 Å². The van der Waals surface area contributed by atoms with Gasteiger partial charge in [0.15, 0.2) is 0 Å². The van der Waals surface area contributed by atoms with E-state index < -0.39 is 0 Å². The van der Waals surface area contributed by atoms with Crippen LogP contribution in [-0.2, 0) is 6.42 Å². The van der Waals surface area contributed by atoms with E-state index in [2.05, 4.69) is 4.98 Å². The van der Waals surface area contributed by atoms with Crippen molar-refractivity contribution in [2.75, 3.05) is 7.11 Å². The second kappa shape index (κ2) is 6.07. The van der Waals surface area contributed by atoms with E-state index in [1.807, 2.05) is 24.3 Å². The predicted molar refractivity (Wildman–Crippen MR) is 74.5 cm³/mol. The monoisotopic (exact) mass is 281 g/mol. The van der Waals surface area contributed by atoms with Crippen molar-refractivity contribution in [2.45, 2.75) is 11.8 Å². The molecule has 1 heterocycles. The highest BCUT2D eigenvalue weighted by molar-refractivity contribution is 6.31. The Balaban J connectivity index is 2.23. The second-order valence-corrected chi connectivity index (χ2v) is 4.88. The molecule has 0 saturated carbocycles. The van der Waals surface area contributed by atoms with Crippen LogP contribution in [0.15, 0.2) is 42.7 Å². The summed E-state index contributed by atoms with van der Waals surface area (Å²) in [4.78, 5) is 3.98. The Hall–Kier alpha value is -1.25. The molecule has 0 bridgehead atoms. The molecule has 1 aromatic heterocycles. The molecule has 2 rings (SSSR count). The van der Waals surface area contributed by atoms with Crippen LogP contribution in [0.4, 0.5) is 0 Å². The van der Waals surface area contributed by atoms with E-state index in [0.29, 0.717) is 11.4 Å². The fraction of sp³-hybridized carbons (Fsp3) is 0.214. The van der Waals surface area contributed by atoms with Gasteiger partial charge >= 0.3 is 0 Å². The summed E-state index contributed by atoms with van der Waals surface area (Å²) in [5.74, 6) is 0.758. The summed E-state index contributed by atoms with van der Waals surface area (Å²) in [7, 11) is 1.63. The van der Waals surface area contributed by atoms with Crippen LogP contribution >= 0.6 is 23.2 Å². The number of benzene rings is 1. The number of hydrogen-bond donors (Lipinski definition) is 0. The third-order valence-corrected chi connectivity index (χ3v) is 3.32. The lowest BCUT2D eigenvalue weighted by Gasteiger charge is -2.14. The molecule has 1 atom stereocenters. The van der Waals surface area contributed by atoms with Gasteiger partial charge in [0.25, 0.3) is 0 Å². The van der Waals surface area contributed by atoms with Crippen molar-refractivity contribution in [1.29, 1.82) is 0 Å². The van der Waals surface area contributed by atoms with Crippen LogP contribution in [-0.4, -0.2) is 12.1 Å². The summed E-state index contributed by atoms with van der Waals surface area (Å²) >= 11 is 12.4. The Morgan fingerprint density at radius 2 is 1.94 bits per heavy atom. The first kappa shape index (κ1) is 13.2. The van der Waals surface area contributed by atoms with Gasteiger partial charge in [0.2, 0.25) is 0 Å². The maximum Gasteiger partial charge on any atom is 0.123 e. The molecule has 0 amide bonds. The van der Waals surface area contributed by atoms with E-state index in [1.54, 1.807) is 25.6 Å². The quantitative estimate of drug-likeness (QED) is 0.781. The van der Waals surface area contributed by atoms with Gasteiger partial charge in [0.05, 0.1) is 12.5 Å². The average molecular weight is 282 g/mol. The van der Waals surface area contributed by atoms with Crippen LogP contribution in [0.5, 0.6) is 5.75 Å². The number of aromatic nitrogens is 1. The van der Waals surface area contributed by atoms with E-state index in [-0.39, 0.29) is 5.38 Å². The number of alkyl halides is 1. The average Bonchev–Trinajstić information content (AvgIpc) is 2.40. The van der Waals surface area contributed by atoms with Gasteiger partial charge in [-0.05, 0) is 42.3 Å². The fourth-order valence-corrected chi connectivity index (χ4v) is 2.32. The Kier molecular flexibility index (Phi) is 4.45. The minimum absolute atomic E-state index is 0.180. The minimum atomic E-state index is -0.180. The first-order chi connectivity index (χ1) is 8.70. The van der Waals surface area contributed by atoms with Gasteiger partial charge in [-0.3, -0.25) is 4.98 Å². The summed E-state index contributed by atoms with van der Waals surface area (Å²) in [5.41, 5.74) is 2.04. The first-order valence-electron chi connectivity index (χ1n) is 5.57. The van der Waals surface area contributed by atoms with E-state index >= 15 is 0 Å². The normalized spacial score (nSPS) is 12.2. The number of nitrogens with zero attached hydrogens (tertiary/aromatic N) is 1. The highest BCUT2D eigenvalue weighted by atomic mass is 35.5. The summed E-state index contributed by atoms with van der Waals surface area (Å²) in [5, 5.41) is 0.479. The third-order valence-electron chi connectivity index (χ3n) is 2.69. The number of methoxy groups -OCH3 is 1. The highest BCUT2D eigenvalue weighted by Gasteiger charge is 2.14. The van der Waals surface area contributed by atoms with Gasteiger partial charge in [0, 0.05) is 23.0 Å². The van der Waals surface area contributed by atoms with E-state index in [1.165, 1.54) is 0 Å². The molecule has 2 nitrogen and oxygen atoms in total. The van der Waals surface area contributed by atoms with Gasteiger partial charge in [-0.1, -0.05) is 11.6 Å². The summed E-state index contributed by atoms with van der Waals surface area (Å²) in [6.07, 6.45) is 4.23. The van der Waals surface area contributed by atoms with Crippen LogP contribution < -0.4 is 4.74 Å². The third kappa shape index (κ3) is 3.15. The zero-order valence-corrected chi connectivity index (χ0v) is 11.4. The highest BCUT2D eigenvalue weighted by Crippen LogP contribution is 2.34. The van der Waals surface area contributed by atoms with E-state index in [9.17, 15) is 0 Å². The maximum atomic E-state index is 6.44. The molecular formula is C14H13Cl2NO. The Bertz CT molecular complexity index is 516. The Morgan fingerprint density at radius 3 is 2.61 bits per heavy atom. The Labute approximate surface area is 117 Å². The zero-order valence-electron chi connectivity index (χ0n) is 9.94. The largest absolute Gasteiger partial charge is 0.496 e. The molecule has 0 aliphatic rings. The number of ether oxygens (including phenoxy) is 1. The van der Waals surface area contributed by atoms with Crippen LogP contribution in [0.25, 0.3) is 0 Å². The van der Waals surface area contributed by atoms with Crippen LogP contribution in [0.1, 0.15) is 16.5 Å². The molecule has 0 aliphatic carbocycles. The lowest BCUT2D eigenvalue weighted by molar-refractivity contribution is 0.409. The van der Waals surface area contributed by atoms with Gasteiger partial charge in [-0.2, -0.15) is 0 Å². The van der Waals surface area contributed by atoms with Gasteiger partial charge < -0.3 is 4.74 Å². The van der Waals surface area contributed by atoms with Crippen molar-refractivity contribution in [3.05, 3.63) is 58.9 Å². The van der Waals surface area contributed by atoms with Gasteiger partial charge in [0.1, 0.15) is 5.75 Å². The molecule has 2 aromatic rings. The van der Waals surface area contributed by atoms with Crippen molar-refractivity contribution in [3.8, 4) is 5.75 Å². The van der Waals surface area contributed by atoms with Gasteiger partial charge in [-0.25, -0.2) is 0 Å². The summed E-state index contributed by atoms with van der Waals surface area (Å²) < 4.78 is 5.30. The fourth-order valence-electron chi connectivity index (χ4n) is 1.79. The zero-order chi connectivity index (χ0) is 13.0. The SMILES string of the molecule is COc1ccc(Cl)cc1C(Cl)Cc1ccncc1. The predicted octanol–water partition coefficient (Wildman–Crippen LogP) is 4.27. The second-order valence-electron chi connectivity index (χ2n) is 3.91. The molecule has 4 heteroatoms. The molecule has 1 unspecified atom stereocenters. The molecule has 1 aromatic carbocycles. The van der Waals surface area contributed by atoms with Crippen LogP contribution in [0.3, 0.4) is 0 Å².